The molecule has 0 aliphatic heterocycles. The van der Waals surface area contributed by atoms with Gasteiger partial charge in [0.05, 0.1) is 17.9 Å². The van der Waals surface area contributed by atoms with Crippen LogP contribution in [0.3, 0.4) is 0 Å². The summed E-state index contributed by atoms with van der Waals surface area (Å²) in [5.41, 5.74) is 1.23. The summed E-state index contributed by atoms with van der Waals surface area (Å²) in [6.45, 7) is -0.244. The van der Waals surface area contributed by atoms with Gasteiger partial charge in [-0.1, -0.05) is 54.2 Å². The lowest BCUT2D eigenvalue weighted by molar-refractivity contribution is -0.137. The molecule has 0 spiro atoms. The van der Waals surface area contributed by atoms with Crippen LogP contribution in [0.4, 0.5) is 13.2 Å². The number of halogens is 3. The van der Waals surface area contributed by atoms with Crippen molar-refractivity contribution in [2.24, 2.45) is 0 Å². The maximum atomic E-state index is 12.7. The summed E-state index contributed by atoms with van der Waals surface area (Å²) in [5.74, 6) is 1.87. The van der Waals surface area contributed by atoms with Gasteiger partial charge in [0.25, 0.3) is 0 Å². The molecule has 5 nitrogen and oxygen atoms in total. The largest absolute Gasteiger partial charge is 0.460 e. The average molecular weight is 431 g/mol. The molecule has 0 saturated heterocycles. The molecule has 0 fully saturated rings. The molecule has 0 atom stereocenters. The number of H-pyrrole nitrogens is 1. The van der Waals surface area contributed by atoms with Crippen LogP contribution in [0.1, 0.15) is 16.9 Å². The highest BCUT2D eigenvalue weighted by molar-refractivity contribution is 7.98. The van der Waals surface area contributed by atoms with E-state index in [1.54, 1.807) is 6.07 Å². The fourth-order valence-corrected chi connectivity index (χ4v) is 3.62. The van der Waals surface area contributed by atoms with E-state index in [1.807, 2.05) is 30.3 Å². The number of hydrogen-bond donors (Lipinski definition) is 2. The van der Waals surface area contributed by atoms with E-state index in [4.69, 9.17) is 4.42 Å². The fraction of sp³-hybridized carbons (Fsp3) is 0.143. The summed E-state index contributed by atoms with van der Waals surface area (Å²) in [4.78, 5) is 4.43. The number of rotatable bonds is 6. The minimum atomic E-state index is -4.39. The van der Waals surface area contributed by atoms with E-state index < -0.39 is 11.7 Å². The molecule has 9 heteroatoms. The number of aromatic amines is 1. The van der Waals surface area contributed by atoms with Crippen molar-refractivity contribution in [3.63, 3.8) is 0 Å². The molecule has 2 aromatic carbocycles. The lowest BCUT2D eigenvalue weighted by Crippen LogP contribution is -2.03. The van der Waals surface area contributed by atoms with Gasteiger partial charge in [-0.05, 0) is 18.2 Å². The molecule has 0 unspecified atom stereocenters. The minimum Gasteiger partial charge on any atom is -0.460 e. The van der Waals surface area contributed by atoms with E-state index >= 15 is 0 Å². The van der Waals surface area contributed by atoms with Crippen LogP contribution < -0.4 is 0 Å². The Balaban J connectivity index is 1.49. The maximum absolute atomic E-state index is 12.7. The van der Waals surface area contributed by atoms with Crippen molar-refractivity contribution in [2.75, 3.05) is 0 Å². The predicted molar refractivity (Wildman–Crippen MR) is 106 cm³/mol. The Morgan fingerprint density at radius 3 is 2.40 bits per heavy atom. The van der Waals surface area contributed by atoms with E-state index in [9.17, 15) is 18.3 Å². The summed E-state index contributed by atoms with van der Waals surface area (Å²) >= 11 is 1.35. The van der Waals surface area contributed by atoms with Crippen LogP contribution in [0, 0.1) is 0 Å². The molecule has 4 rings (SSSR count). The number of aliphatic hydroxyl groups excluding tert-OH is 1. The second kappa shape index (κ2) is 8.37. The first kappa shape index (κ1) is 20.2. The van der Waals surface area contributed by atoms with Crippen molar-refractivity contribution >= 4 is 11.8 Å². The van der Waals surface area contributed by atoms with Gasteiger partial charge in [0.1, 0.15) is 11.5 Å². The third kappa shape index (κ3) is 4.42. The summed E-state index contributed by atoms with van der Waals surface area (Å²) in [7, 11) is 0. The number of hydrogen-bond acceptors (Lipinski definition) is 5. The number of benzene rings is 2. The monoisotopic (exact) mass is 431 g/mol. The zero-order valence-corrected chi connectivity index (χ0v) is 16.3. The Labute approximate surface area is 174 Å². The number of nitrogens with zero attached hydrogens (tertiary/aromatic N) is 2. The van der Waals surface area contributed by atoms with Gasteiger partial charge >= 0.3 is 6.18 Å². The Bertz CT molecular complexity index is 1120. The second-order valence-electron chi connectivity index (χ2n) is 6.41. The molecular formula is C21H16F3N3O2S. The average Bonchev–Trinajstić information content (AvgIpc) is 3.39. The summed E-state index contributed by atoms with van der Waals surface area (Å²) in [6, 6.07) is 15.9. The van der Waals surface area contributed by atoms with E-state index in [1.165, 1.54) is 23.9 Å². The van der Waals surface area contributed by atoms with E-state index in [0.29, 0.717) is 39.4 Å². The van der Waals surface area contributed by atoms with Crippen molar-refractivity contribution in [1.29, 1.82) is 0 Å². The van der Waals surface area contributed by atoms with Crippen molar-refractivity contribution < 1.29 is 22.7 Å². The lowest BCUT2D eigenvalue weighted by Gasteiger charge is -2.06. The van der Waals surface area contributed by atoms with Crippen LogP contribution in [0.2, 0.25) is 0 Å². The molecule has 2 aromatic heterocycles. The van der Waals surface area contributed by atoms with Crippen molar-refractivity contribution in [3.8, 4) is 22.7 Å². The van der Waals surface area contributed by atoms with Crippen molar-refractivity contribution in [2.45, 2.75) is 23.7 Å². The van der Waals surface area contributed by atoms with Crippen LogP contribution in [0.5, 0.6) is 0 Å². The highest BCUT2D eigenvalue weighted by Gasteiger charge is 2.30. The van der Waals surface area contributed by atoms with Crippen LogP contribution in [0.15, 0.2) is 70.2 Å². The molecule has 0 aliphatic carbocycles. The number of alkyl halides is 3. The molecule has 30 heavy (non-hydrogen) atoms. The molecule has 0 aliphatic rings. The van der Waals surface area contributed by atoms with Crippen LogP contribution in [-0.2, 0) is 18.5 Å². The number of furan rings is 1. The summed E-state index contributed by atoms with van der Waals surface area (Å²) in [5, 5.41) is 17.3. The second-order valence-corrected chi connectivity index (χ2v) is 7.38. The molecule has 0 bridgehead atoms. The molecule has 0 amide bonds. The first-order chi connectivity index (χ1) is 14.4. The first-order valence-electron chi connectivity index (χ1n) is 8.95. The number of aromatic nitrogens is 3. The third-order valence-electron chi connectivity index (χ3n) is 4.40. The molecule has 154 valence electrons. The highest BCUT2D eigenvalue weighted by Crippen LogP contribution is 2.33. The van der Waals surface area contributed by atoms with Crippen LogP contribution in [-0.4, -0.2) is 20.3 Å². The Kier molecular flexibility index (Phi) is 5.65. The van der Waals surface area contributed by atoms with Gasteiger partial charge < -0.3 is 9.52 Å². The highest BCUT2D eigenvalue weighted by atomic mass is 32.2. The topological polar surface area (TPSA) is 74.9 Å². The maximum Gasteiger partial charge on any atom is 0.416 e. The van der Waals surface area contributed by atoms with E-state index in [-0.39, 0.29) is 6.61 Å². The van der Waals surface area contributed by atoms with Crippen LogP contribution in [0.25, 0.3) is 22.7 Å². The molecule has 4 aromatic rings. The van der Waals surface area contributed by atoms with Gasteiger partial charge in [0, 0.05) is 16.7 Å². The predicted octanol–water partition coefficient (Wildman–Crippen LogP) is 5.54. The Hall–Kier alpha value is -3.04. The summed E-state index contributed by atoms with van der Waals surface area (Å²) < 4.78 is 44.0. The van der Waals surface area contributed by atoms with Gasteiger partial charge in [-0.25, -0.2) is 4.98 Å². The first-order valence-corrected chi connectivity index (χ1v) is 9.93. The molecule has 0 saturated carbocycles. The molecular weight excluding hydrogens is 415 g/mol. The standard InChI is InChI=1S/C21H16F3N3O2S/c22-21(23,24)16-8-6-13(7-9-16)17-10-15(11-28)18(29-17)12-30-20-25-19(26-27-20)14-4-2-1-3-5-14/h1-10,28H,11-12H2,(H,25,26,27). The summed E-state index contributed by atoms with van der Waals surface area (Å²) in [6.07, 6.45) is -4.39. The third-order valence-corrected chi connectivity index (χ3v) is 5.26. The van der Waals surface area contributed by atoms with Gasteiger partial charge in [-0.15, -0.1) is 0 Å². The molecule has 2 heterocycles. The normalized spacial score (nSPS) is 11.7. The quantitative estimate of drug-likeness (QED) is 0.393. The van der Waals surface area contributed by atoms with Crippen molar-refractivity contribution in [1.82, 2.24) is 15.2 Å². The number of thioether (sulfide) groups is 1. The molecule has 2 N–H and O–H groups in total. The number of aliphatic hydroxyl groups is 1. The van der Waals surface area contributed by atoms with Gasteiger partial charge in [0.2, 0.25) is 0 Å². The zero-order valence-electron chi connectivity index (χ0n) is 15.5. The van der Waals surface area contributed by atoms with E-state index in [0.717, 1.165) is 17.7 Å². The Morgan fingerprint density at radius 1 is 1.00 bits per heavy atom. The Morgan fingerprint density at radius 2 is 1.73 bits per heavy atom. The fourth-order valence-electron chi connectivity index (χ4n) is 2.85. The van der Waals surface area contributed by atoms with Gasteiger partial charge in [-0.2, -0.15) is 18.3 Å². The zero-order chi connectivity index (χ0) is 21.1. The molecule has 0 radical (unpaired) electrons. The van der Waals surface area contributed by atoms with E-state index in [2.05, 4.69) is 15.2 Å². The SMILES string of the molecule is OCc1cc(-c2ccc(C(F)(F)F)cc2)oc1CSc1nc(-c2ccccc2)n[nH]1. The van der Waals surface area contributed by atoms with Crippen molar-refractivity contribution in [3.05, 3.63) is 77.6 Å². The smallest absolute Gasteiger partial charge is 0.416 e. The number of nitrogens with one attached hydrogen (secondary N) is 1. The van der Waals surface area contributed by atoms with Crippen LogP contribution >= 0.6 is 11.8 Å². The minimum absolute atomic E-state index is 0.244. The lowest BCUT2D eigenvalue weighted by atomic mass is 10.1. The van der Waals surface area contributed by atoms with Gasteiger partial charge in [-0.3, -0.25) is 5.10 Å². The van der Waals surface area contributed by atoms with Gasteiger partial charge in [0.15, 0.2) is 11.0 Å².